The number of nitrogens with two attached hydrogens (primary N) is 1. The van der Waals surface area contributed by atoms with Gasteiger partial charge in [0.05, 0.1) is 5.56 Å². The van der Waals surface area contributed by atoms with Crippen molar-refractivity contribution in [1.82, 2.24) is 9.55 Å². The lowest BCUT2D eigenvalue weighted by Crippen LogP contribution is -2.41. The topological polar surface area (TPSA) is 110 Å². The number of aromatic nitrogens is 2. The Morgan fingerprint density at radius 3 is 2.43 bits per heavy atom. The predicted octanol–water partition coefficient (Wildman–Crippen LogP) is 4.08. The van der Waals surface area contributed by atoms with Crippen molar-refractivity contribution in [3.05, 3.63) is 86.3 Å². The standard InChI is InChI=1S/C26H31FN4O4/c1-3-5-15-30(22-23(28)31(16-6-4-2)26(34)29-24(22)32)25(33)20-9-7-8-10-21(20)35-17-18-11-13-19(27)14-12-18/h7-14H,3-6,15-17,28H2,1-2H3,(H,29,32,34). The highest BCUT2D eigenvalue weighted by molar-refractivity contribution is 6.08. The summed E-state index contributed by atoms with van der Waals surface area (Å²) in [5.74, 6) is -0.538. The SMILES string of the molecule is CCCCN(C(=O)c1ccccc1OCc1ccc(F)cc1)c1c(N)n(CCCC)c(=O)[nH]c1=O. The molecule has 1 aromatic heterocycles. The number of rotatable bonds is 11. The smallest absolute Gasteiger partial charge is 0.330 e. The number of halogens is 1. The van der Waals surface area contributed by atoms with Gasteiger partial charge in [-0.05, 0) is 42.7 Å². The summed E-state index contributed by atoms with van der Waals surface area (Å²) in [5.41, 5.74) is 5.91. The van der Waals surface area contributed by atoms with Gasteiger partial charge in [0.1, 0.15) is 24.0 Å². The number of carbonyl (C=O) groups is 1. The van der Waals surface area contributed by atoms with E-state index in [1.807, 2.05) is 13.8 Å². The summed E-state index contributed by atoms with van der Waals surface area (Å²) >= 11 is 0. The Morgan fingerprint density at radius 1 is 1.06 bits per heavy atom. The number of carbonyl (C=O) groups excluding carboxylic acids is 1. The normalized spacial score (nSPS) is 10.8. The summed E-state index contributed by atoms with van der Waals surface area (Å²) in [6.07, 6.45) is 2.92. The van der Waals surface area contributed by atoms with Crippen molar-refractivity contribution in [3.8, 4) is 5.75 Å². The van der Waals surface area contributed by atoms with Crippen LogP contribution in [0.3, 0.4) is 0 Å². The van der Waals surface area contributed by atoms with Crippen molar-refractivity contribution in [2.24, 2.45) is 0 Å². The number of nitrogen functional groups attached to an aromatic ring is 1. The molecule has 0 aliphatic carbocycles. The fourth-order valence-electron chi connectivity index (χ4n) is 3.66. The Balaban J connectivity index is 1.99. The van der Waals surface area contributed by atoms with Gasteiger partial charge in [0.25, 0.3) is 11.5 Å². The number of H-pyrrole nitrogens is 1. The summed E-state index contributed by atoms with van der Waals surface area (Å²) < 4.78 is 20.4. The Bertz CT molecular complexity index is 1270. The van der Waals surface area contributed by atoms with Gasteiger partial charge in [0.2, 0.25) is 0 Å². The molecule has 9 heteroatoms. The molecule has 0 atom stereocenters. The highest BCUT2D eigenvalue weighted by Gasteiger charge is 2.26. The van der Waals surface area contributed by atoms with Crippen LogP contribution in [0.15, 0.2) is 58.1 Å². The largest absolute Gasteiger partial charge is 0.488 e. The van der Waals surface area contributed by atoms with E-state index in [4.69, 9.17) is 10.5 Å². The zero-order valence-electron chi connectivity index (χ0n) is 20.1. The molecular weight excluding hydrogens is 451 g/mol. The van der Waals surface area contributed by atoms with Crippen LogP contribution in [-0.2, 0) is 13.2 Å². The molecule has 0 spiro atoms. The Morgan fingerprint density at radius 2 is 1.74 bits per heavy atom. The molecule has 186 valence electrons. The van der Waals surface area contributed by atoms with Crippen LogP contribution in [0.2, 0.25) is 0 Å². The lowest BCUT2D eigenvalue weighted by atomic mass is 10.1. The van der Waals surface area contributed by atoms with Gasteiger partial charge in [0, 0.05) is 13.1 Å². The van der Waals surface area contributed by atoms with Crippen molar-refractivity contribution in [2.45, 2.75) is 52.7 Å². The van der Waals surface area contributed by atoms with Gasteiger partial charge in [-0.15, -0.1) is 0 Å². The number of amides is 1. The molecule has 0 fully saturated rings. The zero-order valence-corrected chi connectivity index (χ0v) is 20.1. The van der Waals surface area contributed by atoms with Crippen molar-refractivity contribution < 1.29 is 13.9 Å². The zero-order chi connectivity index (χ0) is 25.4. The monoisotopic (exact) mass is 482 g/mol. The number of ether oxygens (including phenoxy) is 1. The maximum absolute atomic E-state index is 13.7. The third-order valence-electron chi connectivity index (χ3n) is 5.62. The van der Waals surface area contributed by atoms with Crippen LogP contribution in [0.5, 0.6) is 5.75 Å². The number of nitrogens with one attached hydrogen (secondary N) is 1. The molecule has 3 N–H and O–H groups in total. The van der Waals surface area contributed by atoms with E-state index in [1.54, 1.807) is 36.4 Å². The van der Waals surface area contributed by atoms with Gasteiger partial charge in [-0.3, -0.25) is 19.1 Å². The minimum Gasteiger partial charge on any atom is -0.488 e. The molecule has 0 unspecified atom stereocenters. The van der Waals surface area contributed by atoms with Gasteiger partial charge in [-0.25, -0.2) is 9.18 Å². The first kappa shape index (κ1) is 25.7. The second-order valence-corrected chi connectivity index (χ2v) is 8.22. The van der Waals surface area contributed by atoms with Crippen LogP contribution < -0.4 is 26.6 Å². The van der Waals surface area contributed by atoms with Gasteiger partial charge in [-0.1, -0.05) is 51.0 Å². The molecule has 0 saturated heterocycles. The molecule has 0 aliphatic heterocycles. The van der Waals surface area contributed by atoms with E-state index in [0.29, 0.717) is 25.1 Å². The van der Waals surface area contributed by atoms with E-state index in [2.05, 4.69) is 4.98 Å². The van der Waals surface area contributed by atoms with Gasteiger partial charge < -0.3 is 15.4 Å². The third-order valence-corrected chi connectivity index (χ3v) is 5.62. The molecule has 3 aromatic rings. The summed E-state index contributed by atoms with van der Waals surface area (Å²) in [6, 6.07) is 12.6. The molecule has 0 bridgehead atoms. The molecule has 0 saturated carbocycles. The lowest BCUT2D eigenvalue weighted by molar-refractivity contribution is 0.0981. The third kappa shape index (κ3) is 6.17. The summed E-state index contributed by atoms with van der Waals surface area (Å²) in [7, 11) is 0. The molecule has 2 aromatic carbocycles. The second kappa shape index (κ2) is 12.0. The number of aromatic amines is 1. The first-order chi connectivity index (χ1) is 16.9. The van der Waals surface area contributed by atoms with E-state index >= 15 is 0 Å². The fourth-order valence-corrected chi connectivity index (χ4v) is 3.66. The Labute approximate surface area is 203 Å². The molecule has 3 rings (SSSR count). The molecule has 8 nitrogen and oxygen atoms in total. The van der Waals surface area contributed by atoms with E-state index in [0.717, 1.165) is 18.4 Å². The summed E-state index contributed by atoms with van der Waals surface area (Å²) in [5, 5.41) is 0. The summed E-state index contributed by atoms with van der Waals surface area (Å²) in [6.45, 7) is 4.65. The number of anilines is 2. The highest BCUT2D eigenvalue weighted by Crippen LogP contribution is 2.26. The maximum Gasteiger partial charge on any atom is 0.330 e. The van der Waals surface area contributed by atoms with Crippen molar-refractivity contribution >= 4 is 17.4 Å². The number of benzene rings is 2. The van der Waals surface area contributed by atoms with Crippen LogP contribution in [-0.4, -0.2) is 22.0 Å². The van der Waals surface area contributed by atoms with E-state index < -0.39 is 17.2 Å². The van der Waals surface area contributed by atoms with Gasteiger partial charge in [0.15, 0.2) is 5.69 Å². The maximum atomic E-state index is 13.7. The molecule has 0 radical (unpaired) electrons. The summed E-state index contributed by atoms with van der Waals surface area (Å²) in [4.78, 5) is 42.6. The minimum atomic E-state index is -0.714. The highest BCUT2D eigenvalue weighted by atomic mass is 19.1. The Hall–Kier alpha value is -3.88. The minimum absolute atomic E-state index is 0.0404. The van der Waals surface area contributed by atoms with Crippen molar-refractivity contribution in [3.63, 3.8) is 0 Å². The fraction of sp³-hybridized carbons (Fsp3) is 0.346. The first-order valence-electron chi connectivity index (χ1n) is 11.8. The van der Waals surface area contributed by atoms with E-state index in [-0.39, 0.29) is 36.0 Å². The first-order valence-corrected chi connectivity index (χ1v) is 11.8. The van der Waals surface area contributed by atoms with E-state index in [1.165, 1.54) is 21.6 Å². The molecule has 35 heavy (non-hydrogen) atoms. The molecule has 1 amide bonds. The average molecular weight is 483 g/mol. The number of unbranched alkanes of at least 4 members (excludes halogenated alkanes) is 2. The van der Waals surface area contributed by atoms with Gasteiger partial charge >= 0.3 is 5.69 Å². The lowest BCUT2D eigenvalue weighted by Gasteiger charge is -2.25. The second-order valence-electron chi connectivity index (χ2n) is 8.22. The van der Waals surface area contributed by atoms with Crippen molar-refractivity contribution in [2.75, 3.05) is 17.2 Å². The van der Waals surface area contributed by atoms with Crippen LogP contribution in [0.4, 0.5) is 15.9 Å². The number of nitrogens with zero attached hydrogens (tertiary/aromatic N) is 2. The quantitative estimate of drug-likeness (QED) is 0.428. The van der Waals surface area contributed by atoms with Crippen molar-refractivity contribution in [1.29, 1.82) is 0 Å². The molecule has 0 aliphatic rings. The van der Waals surface area contributed by atoms with Crippen LogP contribution in [0.25, 0.3) is 0 Å². The number of para-hydroxylation sites is 1. The Kier molecular flexibility index (Phi) is 8.83. The number of hydrogen-bond donors (Lipinski definition) is 2. The van der Waals surface area contributed by atoms with Crippen LogP contribution in [0.1, 0.15) is 55.5 Å². The molecule has 1 heterocycles. The van der Waals surface area contributed by atoms with Crippen LogP contribution in [0, 0.1) is 5.82 Å². The predicted molar refractivity (Wildman–Crippen MR) is 134 cm³/mol. The molecular formula is C26H31FN4O4. The van der Waals surface area contributed by atoms with E-state index in [9.17, 15) is 18.8 Å². The number of hydrogen-bond acceptors (Lipinski definition) is 5. The van der Waals surface area contributed by atoms with Gasteiger partial charge in [-0.2, -0.15) is 0 Å². The van der Waals surface area contributed by atoms with Crippen LogP contribution >= 0.6 is 0 Å². The average Bonchev–Trinajstić information content (AvgIpc) is 2.85.